The molecule has 0 atom stereocenters. The molecule has 0 bridgehead atoms. The van der Waals surface area contributed by atoms with Crippen molar-refractivity contribution in [2.24, 2.45) is 12.0 Å². The van der Waals surface area contributed by atoms with Crippen LogP contribution < -0.4 is 10.6 Å². The van der Waals surface area contributed by atoms with Crippen LogP contribution in [0.25, 0.3) is 0 Å². The Labute approximate surface area is 149 Å². The molecule has 6 heteroatoms. The molecule has 1 aromatic heterocycles. The van der Waals surface area contributed by atoms with E-state index >= 15 is 0 Å². The van der Waals surface area contributed by atoms with E-state index in [9.17, 15) is 4.79 Å². The van der Waals surface area contributed by atoms with Crippen molar-refractivity contribution < 1.29 is 4.79 Å². The first-order chi connectivity index (χ1) is 12.0. The second-order valence-electron chi connectivity index (χ2n) is 6.19. The van der Waals surface area contributed by atoms with E-state index in [2.05, 4.69) is 27.9 Å². The molecule has 0 saturated carbocycles. The number of aliphatic imine (C=N–C) groups is 1. The van der Waals surface area contributed by atoms with Gasteiger partial charge in [-0.05, 0) is 35.7 Å². The van der Waals surface area contributed by atoms with Crippen molar-refractivity contribution in [1.29, 1.82) is 0 Å². The van der Waals surface area contributed by atoms with Gasteiger partial charge in [-0.3, -0.25) is 9.79 Å². The highest BCUT2D eigenvalue weighted by atomic mass is 16.2. The van der Waals surface area contributed by atoms with Gasteiger partial charge in [0, 0.05) is 59.2 Å². The standard InChI is InChI=1S/C19H27N5O/c1-20-19(22-13-16-9-11-24(4)14-16)21-10-8-15-6-5-7-17(12-15)18(25)23(2)3/h5-7,9,11-12,14H,8,10,13H2,1-4H3,(H2,20,21,22). The number of aromatic nitrogens is 1. The molecule has 0 aliphatic rings. The van der Waals surface area contributed by atoms with Crippen molar-refractivity contribution in [3.63, 3.8) is 0 Å². The van der Waals surface area contributed by atoms with Gasteiger partial charge in [-0.2, -0.15) is 0 Å². The average molecular weight is 341 g/mol. The molecule has 0 fully saturated rings. The SMILES string of the molecule is CN=C(NCCc1cccc(C(=O)N(C)C)c1)NCc1ccn(C)c1. The van der Waals surface area contributed by atoms with Gasteiger partial charge in [-0.15, -0.1) is 0 Å². The molecular weight excluding hydrogens is 314 g/mol. The number of nitrogens with zero attached hydrogens (tertiary/aromatic N) is 3. The Kier molecular flexibility index (Phi) is 6.62. The normalized spacial score (nSPS) is 11.3. The van der Waals surface area contributed by atoms with Crippen molar-refractivity contribution in [1.82, 2.24) is 20.1 Å². The monoisotopic (exact) mass is 341 g/mol. The lowest BCUT2D eigenvalue weighted by atomic mass is 10.1. The highest BCUT2D eigenvalue weighted by Crippen LogP contribution is 2.07. The van der Waals surface area contributed by atoms with Crippen LogP contribution in [-0.2, 0) is 20.0 Å². The van der Waals surface area contributed by atoms with E-state index in [-0.39, 0.29) is 5.91 Å². The van der Waals surface area contributed by atoms with Crippen molar-refractivity contribution >= 4 is 11.9 Å². The van der Waals surface area contributed by atoms with Crippen LogP contribution in [0.5, 0.6) is 0 Å². The maximum atomic E-state index is 12.0. The van der Waals surface area contributed by atoms with Crippen molar-refractivity contribution in [3.05, 3.63) is 59.4 Å². The van der Waals surface area contributed by atoms with E-state index in [0.717, 1.165) is 31.0 Å². The number of rotatable bonds is 6. The quantitative estimate of drug-likeness (QED) is 0.620. The summed E-state index contributed by atoms with van der Waals surface area (Å²) in [4.78, 5) is 17.9. The summed E-state index contributed by atoms with van der Waals surface area (Å²) in [6.45, 7) is 1.47. The average Bonchev–Trinajstić information content (AvgIpc) is 3.02. The largest absolute Gasteiger partial charge is 0.357 e. The van der Waals surface area contributed by atoms with Gasteiger partial charge in [-0.1, -0.05) is 12.1 Å². The number of guanidine groups is 1. The summed E-state index contributed by atoms with van der Waals surface area (Å²) in [6, 6.07) is 9.83. The fraction of sp³-hybridized carbons (Fsp3) is 0.368. The van der Waals surface area contributed by atoms with E-state index in [0.29, 0.717) is 5.56 Å². The Morgan fingerprint density at radius 3 is 2.64 bits per heavy atom. The highest BCUT2D eigenvalue weighted by Gasteiger charge is 2.08. The van der Waals surface area contributed by atoms with Gasteiger partial charge >= 0.3 is 0 Å². The lowest BCUT2D eigenvalue weighted by Gasteiger charge is -2.13. The molecule has 0 radical (unpaired) electrons. The summed E-state index contributed by atoms with van der Waals surface area (Å²) in [6.07, 6.45) is 4.92. The smallest absolute Gasteiger partial charge is 0.253 e. The van der Waals surface area contributed by atoms with E-state index in [1.165, 1.54) is 5.56 Å². The maximum absolute atomic E-state index is 12.0. The zero-order valence-corrected chi connectivity index (χ0v) is 15.4. The summed E-state index contributed by atoms with van der Waals surface area (Å²) in [5.41, 5.74) is 3.05. The van der Waals surface area contributed by atoms with E-state index < -0.39 is 0 Å². The molecule has 2 N–H and O–H groups in total. The van der Waals surface area contributed by atoms with Gasteiger partial charge in [0.25, 0.3) is 5.91 Å². The minimum atomic E-state index is 0.0233. The van der Waals surface area contributed by atoms with Crippen LogP contribution in [0.1, 0.15) is 21.5 Å². The number of hydrogen-bond donors (Lipinski definition) is 2. The van der Waals surface area contributed by atoms with Gasteiger partial charge in [0.05, 0.1) is 0 Å². The molecule has 134 valence electrons. The topological polar surface area (TPSA) is 61.7 Å². The summed E-state index contributed by atoms with van der Waals surface area (Å²) < 4.78 is 2.02. The van der Waals surface area contributed by atoms with E-state index in [4.69, 9.17) is 0 Å². The molecular formula is C19H27N5O. The zero-order chi connectivity index (χ0) is 18.2. The molecule has 1 heterocycles. The van der Waals surface area contributed by atoms with Gasteiger partial charge in [0.1, 0.15) is 0 Å². The third kappa shape index (κ3) is 5.67. The number of nitrogens with one attached hydrogen (secondary N) is 2. The number of aryl methyl sites for hydroxylation is 1. The molecule has 2 aromatic rings. The first-order valence-electron chi connectivity index (χ1n) is 8.35. The minimum absolute atomic E-state index is 0.0233. The Hall–Kier alpha value is -2.76. The third-order valence-corrected chi connectivity index (χ3v) is 3.86. The van der Waals surface area contributed by atoms with Crippen molar-refractivity contribution in [3.8, 4) is 0 Å². The second-order valence-corrected chi connectivity index (χ2v) is 6.19. The molecule has 0 spiro atoms. The summed E-state index contributed by atoms with van der Waals surface area (Å²) >= 11 is 0. The van der Waals surface area contributed by atoms with Crippen molar-refractivity contribution in [2.75, 3.05) is 27.7 Å². The van der Waals surface area contributed by atoms with Gasteiger partial charge < -0.3 is 20.1 Å². The van der Waals surface area contributed by atoms with Gasteiger partial charge in [0.2, 0.25) is 0 Å². The van der Waals surface area contributed by atoms with Gasteiger partial charge in [-0.25, -0.2) is 0 Å². The fourth-order valence-corrected chi connectivity index (χ4v) is 2.52. The fourth-order valence-electron chi connectivity index (χ4n) is 2.52. The lowest BCUT2D eigenvalue weighted by Crippen LogP contribution is -2.37. The summed E-state index contributed by atoms with van der Waals surface area (Å²) in [5, 5.41) is 6.60. The Balaban J connectivity index is 1.82. The van der Waals surface area contributed by atoms with Gasteiger partial charge in [0.15, 0.2) is 5.96 Å². The maximum Gasteiger partial charge on any atom is 0.253 e. The molecule has 6 nitrogen and oxygen atoms in total. The van der Waals surface area contributed by atoms with Crippen LogP contribution >= 0.6 is 0 Å². The van der Waals surface area contributed by atoms with Crippen molar-refractivity contribution in [2.45, 2.75) is 13.0 Å². The van der Waals surface area contributed by atoms with Crippen LogP contribution in [-0.4, -0.2) is 49.0 Å². The first-order valence-corrected chi connectivity index (χ1v) is 8.35. The number of amides is 1. The number of carbonyl (C=O) groups excluding carboxylic acids is 1. The van der Waals surface area contributed by atoms with Crippen LogP contribution in [0.15, 0.2) is 47.7 Å². The second kappa shape index (κ2) is 8.92. The van der Waals surface area contributed by atoms with E-state index in [1.54, 1.807) is 26.0 Å². The molecule has 1 amide bonds. The van der Waals surface area contributed by atoms with E-state index in [1.807, 2.05) is 42.1 Å². The number of benzene rings is 1. The molecule has 0 saturated heterocycles. The third-order valence-electron chi connectivity index (χ3n) is 3.86. The lowest BCUT2D eigenvalue weighted by molar-refractivity contribution is 0.0827. The molecule has 0 aliphatic carbocycles. The molecule has 0 unspecified atom stereocenters. The van der Waals surface area contributed by atoms with Crippen LogP contribution in [0.2, 0.25) is 0 Å². The first kappa shape index (κ1) is 18.6. The molecule has 2 rings (SSSR count). The zero-order valence-electron chi connectivity index (χ0n) is 15.4. The number of carbonyl (C=O) groups is 1. The Bertz CT molecular complexity index is 733. The number of hydrogen-bond acceptors (Lipinski definition) is 2. The predicted molar refractivity (Wildman–Crippen MR) is 102 cm³/mol. The van der Waals surface area contributed by atoms with Crippen LogP contribution in [0.4, 0.5) is 0 Å². The molecule has 25 heavy (non-hydrogen) atoms. The highest BCUT2D eigenvalue weighted by molar-refractivity contribution is 5.94. The Morgan fingerprint density at radius 1 is 1.20 bits per heavy atom. The molecule has 1 aromatic carbocycles. The van der Waals surface area contributed by atoms with Crippen LogP contribution in [0, 0.1) is 0 Å². The minimum Gasteiger partial charge on any atom is -0.357 e. The molecule has 0 aliphatic heterocycles. The summed E-state index contributed by atoms with van der Waals surface area (Å²) in [5.74, 6) is 0.791. The van der Waals surface area contributed by atoms with Crippen LogP contribution in [0.3, 0.4) is 0 Å². The Morgan fingerprint density at radius 2 is 2.00 bits per heavy atom. The predicted octanol–water partition coefficient (Wildman–Crippen LogP) is 1.63. The summed E-state index contributed by atoms with van der Waals surface area (Å²) in [7, 11) is 7.29.